The van der Waals surface area contributed by atoms with Gasteiger partial charge in [0.1, 0.15) is 12.2 Å². The molecule has 0 radical (unpaired) electrons. The van der Waals surface area contributed by atoms with Crippen LogP contribution in [0.4, 0.5) is 52.7 Å². The number of likely N-dealkylation sites (tertiary alicyclic amines) is 1. The fraction of sp³-hybridized carbons (Fsp3) is 1.00. The molecule has 0 aromatic carbocycles. The van der Waals surface area contributed by atoms with Crippen LogP contribution in [0.2, 0.25) is 0 Å². The van der Waals surface area contributed by atoms with Crippen LogP contribution >= 0.6 is 0 Å². The van der Waals surface area contributed by atoms with E-state index in [1.165, 1.54) is 6.92 Å². The molecule has 0 aromatic rings. The third kappa shape index (κ3) is 6.07. The SMILES string of the molecule is CC1CC(C(F)(F)F)CN(C(F)C(F)(F)C(C)OC(C)C(F)(F)C(F)C(F)(F)F)C1. The molecule has 1 fully saturated rings. The largest absolute Gasteiger partial charge is 0.425 e. The first-order valence-electron chi connectivity index (χ1n) is 8.79. The number of hydrogen-bond donors (Lipinski definition) is 0. The van der Waals surface area contributed by atoms with E-state index in [0.717, 1.165) is 0 Å². The number of rotatable bonds is 7. The first-order valence-corrected chi connectivity index (χ1v) is 8.79. The Morgan fingerprint density at radius 2 is 1.27 bits per heavy atom. The smallest absolute Gasteiger partial charge is 0.363 e. The highest BCUT2D eigenvalue weighted by atomic mass is 19.4. The molecule has 0 bridgehead atoms. The molecule has 30 heavy (non-hydrogen) atoms. The number of alkyl halides is 12. The van der Waals surface area contributed by atoms with E-state index in [4.69, 9.17) is 0 Å². The molecule has 1 saturated heterocycles. The third-order valence-electron chi connectivity index (χ3n) is 4.91. The molecule has 1 heterocycles. The zero-order valence-electron chi connectivity index (χ0n) is 16.0. The molecule has 6 atom stereocenters. The molecule has 1 aliphatic rings. The average molecular weight is 471 g/mol. The predicted octanol–water partition coefficient (Wildman–Crippen LogP) is 5.77. The minimum atomic E-state index is -6.01. The van der Waals surface area contributed by atoms with Crippen molar-refractivity contribution in [1.29, 1.82) is 0 Å². The van der Waals surface area contributed by atoms with Crippen molar-refractivity contribution in [2.75, 3.05) is 13.1 Å². The lowest BCUT2D eigenvalue weighted by Crippen LogP contribution is -2.58. The van der Waals surface area contributed by atoms with E-state index < -0.39 is 80.2 Å². The van der Waals surface area contributed by atoms with Crippen molar-refractivity contribution >= 4 is 0 Å². The van der Waals surface area contributed by atoms with Crippen molar-refractivity contribution in [2.45, 2.75) is 76.1 Å². The van der Waals surface area contributed by atoms with Crippen molar-refractivity contribution in [2.24, 2.45) is 11.8 Å². The van der Waals surface area contributed by atoms with E-state index in [-0.39, 0.29) is 11.8 Å². The van der Waals surface area contributed by atoms with Crippen LogP contribution in [0.5, 0.6) is 0 Å². The second kappa shape index (κ2) is 8.91. The van der Waals surface area contributed by atoms with Crippen molar-refractivity contribution in [3.05, 3.63) is 0 Å². The molecule has 1 aliphatic heterocycles. The summed E-state index contributed by atoms with van der Waals surface area (Å²) < 4.78 is 163. The monoisotopic (exact) mass is 471 g/mol. The molecular formula is C16H21F12NO. The number of piperidine rings is 1. The molecule has 0 spiro atoms. The molecule has 0 aliphatic carbocycles. The molecule has 0 amide bonds. The summed E-state index contributed by atoms with van der Waals surface area (Å²) in [6.07, 6.45) is -25.2. The van der Waals surface area contributed by atoms with Gasteiger partial charge in [-0.05, 0) is 26.2 Å². The van der Waals surface area contributed by atoms with Gasteiger partial charge in [0.15, 0.2) is 0 Å². The van der Waals surface area contributed by atoms with Gasteiger partial charge < -0.3 is 4.74 Å². The van der Waals surface area contributed by atoms with Crippen molar-refractivity contribution in [3.63, 3.8) is 0 Å². The lowest BCUT2D eigenvalue weighted by atomic mass is 9.89. The summed E-state index contributed by atoms with van der Waals surface area (Å²) in [6.45, 7) is 0.207. The van der Waals surface area contributed by atoms with E-state index in [0.29, 0.717) is 6.92 Å². The highest BCUT2D eigenvalue weighted by molar-refractivity contribution is 4.92. The first-order chi connectivity index (χ1) is 13.2. The van der Waals surface area contributed by atoms with Gasteiger partial charge in [0.2, 0.25) is 6.30 Å². The third-order valence-corrected chi connectivity index (χ3v) is 4.91. The normalized spacial score (nSPS) is 26.9. The maximum Gasteiger partial charge on any atom is 0.425 e. The van der Waals surface area contributed by atoms with Gasteiger partial charge in [-0.2, -0.15) is 35.1 Å². The van der Waals surface area contributed by atoms with Crippen molar-refractivity contribution in [3.8, 4) is 0 Å². The van der Waals surface area contributed by atoms with Crippen LogP contribution in [-0.4, -0.2) is 66.9 Å². The lowest BCUT2D eigenvalue weighted by Gasteiger charge is -2.42. The molecule has 0 N–H and O–H groups in total. The molecular weight excluding hydrogens is 450 g/mol. The summed E-state index contributed by atoms with van der Waals surface area (Å²) in [5.74, 6) is -12.9. The molecule has 2 nitrogen and oxygen atoms in total. The number of nitrogens with zero attached hydrogens (tertiary/aromatic N) is 1. The van der Waals surface area contributed by atoms with Crippen LogP contribution < -0.4 is 0 Å². The molecule has 0 saturated carbocycles. The van der Waals surface area contributed by atoms with Crippen molar-refractivity contribution in [1.82, 2.24) is 4.90 Å². The Bertz CT molecular complexity index is 563. The van der Waals surface area contributed by atoms with Gasteiger partial charge in [-0.25, -0.2) is 17.6 Å². The molecule has 180 valence electrons. The number of ether oxygens (including phenoxy) is 1. The fourth-order valence-corrected chi connectivity index (χ4v) is 3.16. The van der Waals surface area contributed by atoms with Gasteiger partial charge in [-0.3, -0.25) is 4.90 Å². The standard InChI is InChI=1S/C16H21F12NO/c1-7-4-10(15(23,24)25)6-29(5-7)12(18)14(21,22)9(3)30-8(2)13(19,20)11(17)16(26,27)28/h7-12H,4-6H2,1-3H3. The Balaban J connectivity index is 2.93. The van der Waals surface area contributed by atoms with E-state index in [9.17, 15) is 52.7 Å². The van der Waals surface area contributed by atoms with Gasteiger partial charge >= 0.3 is 24.2 Å². The summed E-state index contributed by atoms with van der Waals surface area (Å²) in [7, 11) is 0. The van der Waals surface area contributed by atoms with Gasteiger partial charge in [-0.1, -0.05) is 6.92 Å². The number of halogens is 12. The molecule has 6 unspecified atom stereocenters. The van der Waals surface area contributed by atoms with E-state index in [1.54, 1.807) is 0 Å². The highest BCUT2D eigenvalue weighted by Gasteiger charge is 2.61. The summed E-state index contributed by atoms with van der Waals surface area (Å²) in [5, 5.41) is 0. The quantitative estimate of drug-likeness (QED) is 0.346. The highest BCUT2D eigenvalue weighted by Crippen LogP contribution is 2.42. The Labute approximate surface area is 164 Å². The Morgan fingerprint density at radius 1 is 0.800 bits per heavy atom. The van der Waals surface area contributed by atoms with Gasteiger partial charge in [-0.15, -0.1) is 0 Å². The lowest BCUT2D eigenvalue weighted by molar-refractivity contribution is -0.292. The predicted molar refractivity (Wildman–Crippen MR) is 80.6 cm³/mol. The second-order valence-corrected chi connectivity index (χ2v) is 7.54. The van der Waals surface area contributed by atoms with Crippen LogP contribution in [0.3, 0.4) is 0 Å². The van der Waals surface area contributed by atoms with Crippen LogP contribution in [0, 0.1) is 11.8 Å². The van der Waals surface area contributed by atoms with E-state index in [1.807, 2.05) is 0 Å². The van der Waals surface area contributed by atoms with Gasteiger partial charge in [0.05, 0.1) is 5.92 Å². The first kappa shape index (κ1) is 27.1. The maximum atomic E-state index is 14.4. The fourth-order valence-electron chi connectivity index (χ4n) is 3.16. The summed E-state index contributed by atoms with van der Waals surface area (Å²) in [5.41, 5.74) is 0. The van der Waals surface area contributed by atoms with E-state index >= 15 is 0 Å². The minimum Gasteiger partial charge on any atom is -0.363 e. The van der Waals surface area contributed by atoms with Crippen molar-refractivity contribution < 1.29 is 57.4 Å². The Kier molecular flexibility index (Phi) is 8.05. The Hall–Kier alpha value is -0.920. The van der Waals surface area contributed by atoms with Gasteiger partial charge in [0, 0.05) is 13.1 Å². The van der Waals surface area contributed by atoms with Gasteiger partial charge in [0.25, 0.3) is 6.17 Å². The molecule has 14 heteroatoms. The minimum absolute atomic E-state index is 0.183. The topological polar surface area (TPSA) is 12.5 Å². The number of hydrogen-bond acceptors (Lipinski definition) is 2. The molecule has 1 rings (SSSR count). The van der Waals surface area contributed by atoms with Crippen LogP contribution in [0.15, 0.2) is 0 Å². The van der Waals surface area contributed by atoms with Crippen LogP contribution in [0.25, 0.3) is 0 Å². The second-order valence-electron chi connectivity index (χ2n) is 7.54. The average Bonchev–Trinajstić information content (AvgIpc) is 2.57. The van der Waals surface area contributed by atoms with Crippen LogP contribution in [0.1, 0.15) is 27.2 Å². The zero-order valence-corrected chi connectivity index (χ0v) is 16.0. The summed E-state index contributed by atoms with van der Waals surface area (Å²) in [4.78, 5) is 0.183. The van der Waals surface area contributed by atoms with E-state index in [2.05, 4.69) is 4.74 Å². The molecule has 0 aromatic heterocycles. The Morgan fingerprint density at radius 3 is 1.70 bits per heavy atom. The summed E-state index contributed by atoms with van der Waals surface area (Å²) in [6, 6.07) is 0. The maximum absolute atomic E-state index is 14.4. The summed E-state index contributed by atoms with van der Waals surface area (Å²) >= 11 is 0. The van der Waals surface area contributed by atoms with Crippen LogP contribution in [-0.2, 0) is 4.74 Å². The zero-order chi connectivity index (χ0) is 23.9.